The maximum atomic E-state index is 12.2. The molecule has 0 radical (unpaired) electrons. The molecule has 1 aromatic heterocycles. The summed E-state index contributed by atoms with van der Waals surface area (Å²) in [6.07, 6.45) is -1.46. The molecule has 0 aliphatic carbocycles. The van der Waals surface area contributed by atoms with Crippen LogP contribution in [0.1, 0.15) is 33.6 Å². The first-order valence-corrected chi connectivity index (χ1v) is 11.3. The van der Waals surface area contributed by atoms with Gasteiger partial charge in [-0.3, -0.25) is 0 Å². The molecule has 0 bridgehead atoms. The van der Waals surface area contributed by atoms with Gasteiger partial charge in [-0.1, -0.05) is 17.2 Å². The van der Waals surface area contributed by atoms with Crippen molar-refractivity contribution in [2.75, 3.05) is 13.2 Å². The second-order valence-electron chi connectivity index (χ2n) is 8.72. The molecule has 1 aromatic carbocycles. The summed E-state index contributed by atoms with van der Waals surface area (Å²) in [6.45, 7) is 5.59. The molecule has 10 heteroatoms. The minimum atomic E-state index is -1.60. The van der Waals surface area contributed by atoms with Gasteiger partial charge in [-0.2, -0.15) is 0 Å². The van der Waals surface area contributed by atoms with Gasteiger partial charge in [0.05, 0.1) is 12.0 Å². The molecule has 1 aliphatic rings. The van der Waals surface area contributed by atoms with Crippen LogP contribution in [0.5, 0.6) is 17.2 Å². The first-order valence-electron chi connectivity index (χ1n) is 11.3. The van der Waals surface area contributed by atoms with E-state index < -0.39 is 48.7 Å². The molecular weight excluding hydrogens is 460 g/mol. The van der Waals surface area contributed by atoms with E-state index in [1.807, 2.05) is 26.8 Å². The Balaban J connectivity index is 1.78. The van der Waals surface area contributed by atoms with Crippen LogP contribution >= 0.6 is 0 Å². The van der Waals surface area contributed by atoms with Crippen LogP contribution in [0.15, 0.2) is 50.7 Å². The van der Waals surface area contributed by atoms with Gasteiger partial charge < -0.3 is 44.2 Å². The van der Waals surface area contributed by atoms with E-state index in [1.165, 1.54) is 23.8 Å². The Labute approximate surface area is 202 Å². The predicted molar refractivity (Wildman–Crippen MR) is 126 cm³/mol. The Hall–Kier alpha value is -2.89. The monoisotopic (exact) mass is 492 g/mol. The summed E-state index contributed by atoms with van der Waals surface area (Å²) in [4.78, 5) is 12.2. The number of allylic oxidation sites excluding steroid dienone is 3. The Morgan fingerprint density at radius 1 is 1.09 bits per heavy atom. The minimum absolute atomic E-state index is 0.0380. The maximum Gasteiger partial charge on any atom is 0.382 e. The molecule has 0 saturated carbocycles. The van der Waals surface area contributed by atoms with Gasteiger partial charge in [0.2, 0.25) is 12.0 Å². The highest BCUT2D eigenvalue weighted by Crippen LogP contribution is 2.34. The van der Waals surface area contributed by atoms with Gasteiger partial charge in [0.15, 0.2) is 5.75 Å². The SMILES string of the molecule is CC(C)=CCC/C(C)=C/COc1c(O)c(=O)oc2cc(O[C@H]3O[C@H](CO)[C@@H](O)[C@H](O)[C@@H]3O)ccc12. The number of hydrogen-bond donors (Lipinski definition) is 5. The lowest BCUT2D eigenvalue weighted by Gasteiger charge is -2.39. The van der Waals surface area contributed by atoms with Gasteiger partial charge in [0, 0.05) is 6.07 Å². The number of aliphatic hydroxyl groups excluding tert-OH is 4. The summed E-state index contributed by atoms with van der Waals surface area (Å²) in [6, 6.07) is 4.31. The first-order chi connectivity index (χ1) is 16.6. The van der Waals surface area contributed by atoms with Gasteiger partial charge in [-0.25, -0.2) is 4.79 Å². The van der Waals surface area contributed by atoms with E-state index in [2.05, 4.69) is 6.08 Å². The van der Waals surface area contributed by atoms with Crippen molar-refractivity contribution in [1.29, 1.82) is 0 Å². The number of aliphatic hydroxyl groups is 4. The highest BCUT2D eigenvalue weighted by Gasteiger charge is 2.44. The number of ether oxygens (including phenoxy) is 3. The Morgan fingerprint density at radius 3 is 2.51 bits per heavy atom. The Morgan fingerprint density at radius 2 is 1.83 bits per heavy atom. The summed E-state index contributed by atoms with van der Waals surface area (Å²) < 4.78 is 21.7. The third-order valence-corrected chi connectivity index (χ3v) is 5.66. The van der Waals surface area contributed by atoms with Gasteiger partial charge >= 0.3 is 5.63 Å². The molecule has 35 heavy (non-hydrogen) atoms. The summed E-state index contributed by atoms with van der Waals surface area (Å²) in [5.41, 5.74) is 1.40. The van der Waals surface area contributed by atoms with E-state index in [4.69, 9.17) is 18.6 Å². The molecule has 0 spiro atoms. The average molecular weight is 493 g/mol. The van der Waals surface area contributed by atoms with E-state index in [0.29, 0.717) is 5.39 Å². The minimum Gasteiger partial charge on any atom is -0.499 e. The molecule has 5 N–H and O–H groups in total. The molecule has 2 aromatic rings. The molecule has 5 atom stereocenters. The lowest BCUT2D eigenvalue weighted by Crippen LogP contribution is -2.60. The highest BCUT2D eigenvalue weighted by atomic mass is 16.7. The molecular formula is C25H32O10. The molecule has 0 amide bonds. The molecule has 1 fully saturated rings. The quantitative estimate of drug-likeness (QED) is 0.258. The molecule has 3 rings (SSSR count). The van der Waals surface area contributed by atoms with Crippen molar-refractivity contribution in [3.05, 3.63) is 51.9 Å². The van der Waals surface area contributed by atoms with Crippen LogP contribution in [0.25, 0.3) is 11.0 Å². The van der Waals surface area contributed by atoms with Gasteiger partial charge in [-0.15, -0.1) is 0 Å². The summed E-state index contributed by atoms with van der Waals surface area (Å²) in [5, 5.41) is 49.9. The maximum absolute atomic E-state index is 12.2. The van der Waals surface area contributed by atoms with Crippen molar-refractivity contribution in [3.8, 4) is 17.2 Å². The number of benzene rings is 1. The smallest absolute Gasteiger partial charge is 0.382 e. The molecule has 1 saturated heterocycles. The zero-order chi connectivity index (χ0) is 25.7. The fourth-order valence-electron chi connectivity index (χ4n) is 3.62. The van der Waals surface area contributed by atoms with Crippen LogP contribution in [0.3, 0.4) is 0 Å². The number of rotatable bonds is 9. The van der Waals surface area contributed by atoms with E-state index in [9.17, 15) is 30.3 Å². The van der Waals surface area contributed by atoms with Crippen LogP contribution in [-0.4, -0.2) is 69.5 Å². The van der Waals surface area contributed by atoms with E-state index >= 15 is 0 Å². The van der Waals surface area contributed by atoms with Crippen molar-refractivity contribution in [2.24, 2.45) is 0 Å². The van der Waals surface area contributed by atoms with Crippen molar-refractivity contribution in [1.82, 2.24) is 0 Å². The van der Waals surface area contributed by atoms with Crippen molar-refractivity contribution in [2.45, 2.75) is 64.3 Å². The highest BCUT2D eigenvalue weighted by molar-refractivity contribution is 5.86. The fraction of sp³-hybridized carbons (Fsp3) is 0.480. The van der Waals surface area contributed by atoms with Crippen molar-refractivity contribution >= 4 is 11.0 Å². The van der Waals surface area contributed by atoms with E-state index in [1.54, 1.807) is 0 Å². The summed E-state index contributed by atoms with van der Waals surface area (Å²) >= 11 is 0. The predicted octanol–water partition coefficient (Wildman–Crippen LogP) is 1.75. The van der Waals surface area contributed by atoms with Crippen LogP contribution in [0.4, 0.5) is 0 Å². The van der Waals surface area contributed by atoms with Crippen molar-refractivity contribution in [3.63, 3.8) is 0 Å². The van der Waals surface area contributed by atoms with Crippen LogP contribution < -0.4 is 15.1 Å². The van der Waals surface area contributed by atoms with Gasteiger partial charge in [-0.05, 0) is 51.8 Å². The van der Waals surface area contributed by atoms with Crippen LogP contribution in [0, 0.1) is 0 Å². The lowest BCUT2D eigenvalue weighted by atomic mass is 9.99. The number of fused-ring (bicyclic) bond motifs is 1. The van der Waals surface area contributed by atoms with Crippen molar-refractivity contribution < 1.29 is 44.2 Å². The normalized spacial score (nSPS) is 24.9. The fourth-order valence-corrected chi connectivity index (χ4v) is 3.62. The average Bonchev–Trinajstić information content (AvgIpc) is 2.81. The molecule has 10 nitrogen and oxygen atoms in total. The third kappa shape index (κ3) is 6.41. The Bertz CT molecular complexity index is 1130. The summed E-state index contributed by atoms with van der Waals surface area (Å²) in [5.74, 6) is -0.587. The van der Waals surface area contributed by atoms with Crippen LogP contribution in [0.2, 0.25) is 0 Å². The standard InChI is InChI=1S/C25H32O10/c1-13(2)5-4-6-14(3)9-10-32-23-16-8-7-15(11-17(16)34-24(31)22(23)30)33-25-21(29)20(28)19(27)18(12-26)35-25/h5,7-9,11,18-21,25-30H,4,6,10,12H2,1-3H3/b14-9+/t18-,19-,20+,21+,25+/m1/s1. The zero-order valence-corrected chi connectivity index (χ0v) is 19.9. The van der Waals surface area contributed by atoms with E-state index in [0.717, 1.165) is 18.4 Å². The van der Waals surface area contributed by atoms with Gasteiger partial charge in [0.1, 0.15) is 42.4 Å². The first kappa shape index (κ1) is 26.7. The number of hydrogen-bond acceptors (Lipinski definition) is 10. The van der Waals surface area contributed by atoms with E-state index in [-0.39, 0.29) is 23.7 Å². The third-order valence-electron chi connectivity index (χ3n) is 5.66. The van der Waals surface area contributed by atoms with Crippen LogP contribution in [-0.2, 0) is 4.74 Å². The summed E-state index contributed by atoms with van der Waals surface area (Å²) in [7, 11) is 0. The zero-order valence-electron chi connectivity index (χ0n) is 19.9. The molecule has 192 valence electrons. The largest absolute Gasteiger partial charge is 0.499 e. The lowest BCUT2D eigenvalue weighted by molar-refractivity contribution is -0.277. The van der Waals surface area contributed by atoms with Gasteiger partial charge in [0.25, 0.3) is 0 Å². The molecule has 0 unspecified atom stereocenters. The Kier molecular flexibility index (Phi) is 8.92. The molecule has 1 aliphatic heterocycles. The molecule has 2 heterocycles. The second kappa shape index (κ2) is 11.7. The number of aromatic hydroxyl groups is 1. The second-order valence-corrected chi connectivity index (χ2v) is 8.72. The topological polar surface area (TPSA) is 159 Å².